The highest BCUT2D eigenvalue weighted by Gasteiger charge is 2.11. The zero-order valence-corrected chi connectivity index (χ0v) is 10.6. The molecule has 1 unspecified atom stereocenters. The van der Waals surface area contributed by atoms with Crippen molar-refractivity contribution in [2.75, 3.05) is 6.54 Å². The fourth-order valence-electron chi connectivity index (χ4n) is 1.53. The summed E-state index contributed by atoms with van der Waals surface area (Å²) in [7, 11) is 0. The highest BCUT2D eigenvalue weighted by atomic mass is 32.1. The largest absolute Gasteiger partial charge is 0.484 e. The number of aromatic nitrogens is 1. The summed E-state index contributed by atoms with van der Waals surface area (Å²) in [4.78, 5) is 4.51. The van der Waals surface area contributed by atoms with Crippen molar-refractivity contribution < 1.29 is 4.74 Å². The molecular formula is C13H16N2OS. The van der Waals surface area contributed by atoms with Crippen molar-refractivity contribution in [2.45, 2.75) is 19.4 Å². The Morgan fingerprint density at radius 3 is 2.82 bits per heavy atom. The van der Waals surface area contributed by atoms with Gasteiger partial charge in [0.15, 0.2) is 0 Å². The van der Waals surface area contributed by atoms with Gasteiger partial charge in [-0.3, -0.25) is 0 Å². The van der Waals surface area contributed by atoms with E-state index >= 15 is 0 Å². The van der Waals surface area contributed by atoms with Gasteiger partial charge in [-0.05, 0) is 25.6 Å². The van der Waals surface area contributed by atoms with E-state index in [9.17, 15) is 0 Å². The maximum atomic E-state index is 5.81. The Bertz CT molecular complexity index is 455. The number of benzene rings is 1. The van der Waals surface area contributed by atoms with Gasteiger partial charge in [-0.15, -0.1) is 11.3 Å². The minimum absolute atomic E-state index is 0.0195. The van der Waals surface area contributed by atoms with E-state index in [2.05, 4.69) is 4.98 Å². The van der Waals surface area contributed by atoms with Crippen LogP contribution in [0.15, 0.2) is 35.7 Å². The molecule has 3 nitrogen and oxygen atoms in total. The zero-order valence-electron chi connectivity index (χ0n) is 9.80. The Balaban J connectivity index is 2.01. The average molecular weight is 248 g/mol. The predicted octanol–water partition coefficient (Wildman–Crippen LogP) is 2.78. The van der Waals surface area contributed by atoms with E-state index in [1.54, 1.807) is 11.3 Å². The SMILES string of the molecule is CC(Oc1ccccc1)c1nc(CCN)cs1. The molecule has 0 bridgehead atoms. The van der Waals surface area contributed by atoms with Gasteiger partial charge in [-0.25, -0.2) is 4.98 Å². The summed E-state index contributed by atoms with van der Waals surface area (Å²) < 4.78 is 5.81. The Morgan fingerprint density at radius 1 is 1.35 bits per heavy atom. The summed E-state index contributed by atoms with van der Waals surface area (Å²) in [6.45, 7) is 2.65. The molecule has 2 N–H and O–H groups in total. The second kappa shape index (κ2) is 5.80. The van der Waals surface area contributed by atoms with E-state index in [1.165, 1.54) is 0 Å². The van der Waals surface area contributed by atoms with Crippen molar-refractivity contribution in [3.8, 4) is 5.75 Å². The van der Waals surface area contributed by atoms with Crippen LogP contribution in [0.1, 0.15) is 23.7 Å². The molecule has 0 radical (unpaired) electrons. The van der Waals surface area contributed by atoms with E-state index in [0.717, 1.165) is 22.9 Å². The van der Waals surface area contributed by atoms with Crippen LogP contribution < -0.4 is 10.5 Å². The quantitative estimate of drug-likeness (QED) is 0.885. The lowest BCUT2D eigenvalue weighted by Gasteiger charge is -2.11. The van der Waals surface area contributed by atoms with Crippen LogP contribution in [0.25, 0.3) is 0 Å². The number of ether oxygens (including phenoxy) is 1. The number of nitrogens with zero attached hydrogens (tertiary/aromatic N) is 1. The average Bonchev–Trinajstić information content (AvgIpc) is 2.79. The number of thiazole rings is 1. The first-order valence-electron chi connectivity index (χ1n) is 5.65. The highest BCUT2D eigenvalue weighted by molar-refractivity contribution is 7.09. The Kier molecular flexibility index (Phi) is 4.12. The second-order valence-corrected chi connectivity index (χ2v) is 4.68. The van der Waals surface area contributed by atoms with Crippen LogP contribution in [0.3, 0.4) is 0 Å². The third kappa shape index (κ3) is 3.28. The highest BCUT2D eigenvalue weighted by Crippen LogP contribution is 2.24. The predicted molar refractivity (Wildman–Crippen MR) is 70.4 cm³/mol. The molecule has 0 aliphatic rings. The van der Waals surface area contributed by atoms with Crippen LogP contribution in [-0.2, 0) is 6.42 Å². The van der Waals surface area contributed by atoms with Crippen molar-refractivity contribution in [1.29, 1.82) is 0 Å². The van der Waals surface area contributed by atoms with E-state index in [4.69, 9.17) is 10.5 Å². The normalized spacial score (nSPS) is 12.4. The fraction of sp³-hybridized carbons (Fsp3) is 0.308. The van der Waals surface area contributed by atoms with E-state index in [0.29, 0.717) is 6.54 Å². The molecule has 17 heavy (non-hydrogen) atoms. The summed E-state index contributed by atoms with van der Waals surface area (Å²) >= 11 is 1.63. The molecule has 0 aliphatic carbocycles. The van der Waals surface area contributed by atoms with Gasteiger partial charge < -0.3 is 10.5 Å². The van der Waals surface area contributed by atoms with Gasteiger partial charge in [0.25, 0.3) is 0 Å². The lowest BCUT2D eigenvalue weighted by molar-refractivity contribution is 0.226. The van der Waals surface area contributed by atoms with Crippen molar-refractivity contribution in [3.05, 3.63) is 46.4 Å². The maximum absolute atomic E-state index is 5.81. The van der Waals surface area contributed by atoms with Crippen molar-refractivity contribution in [2.24, 2.45) is 5.73 Å². The third-order valence-corrected chi connectivity index (χ3v) is 3.43. The van der Waals surface area contributed by atoms with Gasteiger partial charge in [-0.2, -0.15) is 0 Å². The first kappa shape index (κ1) is 12.1. The molecule has 1 aromatic heterocycles. The summed E-state index contributed by atoms with van der Waals surface area (Å²) in [5.74, 6) is 0.871. The van der Waals surface area contributed by atoms with Crippen molar-refractivity contribution in [1.82, 2.24) is 4.98 Å². The summed E-state index contributed by atoms with van der Waals surface area (Å²) in [6, 6.07) is 9.80. The molecule has 90 valence electrons. The van der Waals surface area contributed by atoms with Crippen LogP contribution in [0.2, 0.25) is 0 Å². The smallest absolute Gasteiger partial charge is 0.147 e. The molecule has 0 spiro atoms. The molecule has 0 saturated heterocycles. The number of hydrogen-bond donors (Lipinski definition) is 1. The fourth-order valence-corrected chi connectivity index (χ4v) is 2.36. The van der Waals surface area contributed by atoms with Crippen LogP contribution >= 0.6 is 11.3 Å². The molecule has 2 rings (SSSR count). The van der Waals surface area contributed by atoms with Crippen LogP contribution in [-0.4, -0.2) is 11.5 Å². The lowest BCUT2D eigenvalue weighted by atomic mass is 10.3. The van der Waals surface area contributed by atoms with Crippen LogP contribution in [0.5, 0.6) is 5.75 Å². The van der Waals surface area contributed by atoms with Crippen LogP contribution in [0.4, 0.5) is 0 Å². The number of para-hydroxylation sites is 1. The third-order valence-electron chi connectivity index (χ3n) is 2.37. The number of hydrogen-bond acceptors (Lipinski definition) is 4. The minimum Gasteiger partial charge on any atom is -0.484 e. The van der Waals surface area contributed by atoms with Gasteiger partial charge >= 0.3 is 0 Å². The summed E-state index contributed by atoms with van der Waals surface area (Å²) in [6.07, 6.45) is 0.808. The molecular weight excluding hydrogens is 232 g/mol. The number of nitrogens with two attached hydrogens (primary N) is 1. The topological polar surface area (TPSA) is 48.1 Å². The van der Waals surface area contributed by atoms with Gasteiger partial charge in [-0.1, -0.05) is 18.2 Å². The van der Waals surface area contributed by atoms with Gasteiger partial charge in [0.2, 0.25) is 0 Å². The standard InChI is InChI=1S/C13H16N2OS/c1-10(16-12-5-3-2-4-6-12)13-15-11(7-8-14)9-17-13/h2-6,9-10H,7-8,14H2,1H3. The van der Waals surface area contributed by atoms with Gasteiger partial charge in [0.05, 0.1) is 5.69 Å². The molecule has 0 saturated carbocycles. The van der Waals surface area contributed by atoms with Crippen molar-refractivity contribution >= 4 is 11.3 Å². The molecule has 0 fully saturated rings. The number of rotatable bonds is 5. The first-order chi connectivity index (χ1) is 8.29. The molecule has 4 heteroatoms. The van der Waals surface area contributed by atoms with Gasteiger partial charge in [0, 0.05) is 11.8 Å². The molecule has 0 aliphatic heterocycles. The molecule has 1 atom stereocenters. The molecule has 2 aromatic rings. The lowest BCUT2D eigenvalue weighted by Crippen LogP contribution is -2.05. The Hall–Kier alpha value is -1.39. The van der Waals surface area contributed by atoms with Gasteiger partial charge in [0.1, 0.15) is 16.9 Å². The van der Waals surface area contributed by atoms with Crippen molar-refractivity contribution in [3.63, 3.8) is 0 Å². The van der Waals surface area contributed by atoms with E-state index < -0.39 is 0 Å². The Labute approximate surface area is 105 Å². The summed E-state index contributed by atoms with van der Waals surface area (Å²) in [5, 5.41) is 3.05. The summed E-state index contributed by atoms with van der Waals surface area (Å²) in [5.41, 5.74) is 6.55. The van der Waals surface area contributed by atoms with Crippen LogP contribution in [0, 0.1) is 0 Å². The molecule has 1 aromatic carbocycles. The Morgan fingerprint density at radius 2 is 2.12 bits per heavy atom. The molecule has 1 heterocycles. The monoisotopic (exact) mass is 248 g/mol. The first-order valence-corrected chi connectivity index (χ1v) is 6.53. The minimum atomic E-state index is -0.0195. The maximum Gasteiger partial charge on any atom is 0.147 e. The second-order valence-electron chi connectivity index (χ2n) is 3.79. The van der Waals surface area contributed by atoms with E-state index in [-0.39, 0.29) is 6.10 Å². The molecule has 0 amide bonds. The zero-order chi connectivity index (χ0) is 12.1. The van der Waals surface area contributed by atoms with E-state index in [1.807, 2.05) is 42.6 Å².